The number of fused-ring (bicyclic) bond motifs is 1. The summed E-state index contributed by atoms with van der Waals surface area (Å²) < 4.78 is 0. The van der Waals surface area contributed by atoms with Crippen molar-refractivity contribution in [2.75, 3.05) is 0 Å². The first kappa shape index (κ1) is 19.4. The average Bonchev–Trinajstić information content (AvgIpc) is 3.06. The lowest BCUT2D eigenvalue weighted by atomic mass is 9.73. The minimum atomic E-state index is -0.301. The Balaban J connectivity index is 1.50. The molecule has 4 rings (SSSR count). The highest BCUT2D eigenvalue weighted by Gasteiger charge is 2.50. The van der Waals surface area contributed by atoms with Crippen LogP contribution in [0.25, 0.3) is 0 Å². The van der Waals surface area contributed by atoms with Crippen LogP contribution in [0.5, 0.6) is 0 Å². The van der Waals surface area contributed by atoms with E-state index in [-0.39, 0.29) is 29.3 Å². The number of nitrogens with one attached hydrogen (secondary N) is 2. The maximum atomic E-state index is 12.9. The van der Waals surface area contributed by atoms with E-state index in [0.29, 0.717) is 22.9 Å². The zero-order valence-electron chi connectivity index (χ0n) is 16.8. The zero-order valence-corrected chi connectivity index (χ0v) is 16.8. The van der Waals surface area contributed by atoms with E-state index in [4.69, 9.17) is 0 Å². The zero-order chi connectivity index (χ0) is 20.4. The van der Waals surface area contributed by atoms with Crippen LogP contribution in [0.2, 0.25) is 0 Å². The van der Waals surface area contributed by atoms with Gasteiger partial charge in [0.2, 0.25) is 0 Å². The summed E-state index contributed by atoms with van der Waals surface area (Å²) in [6.07, 6.45) is 10.5. The summed E-state index contributed by atoms with van der Waals surface area (Å²) in [4.78, 5) is 42.2. The van der Waals surface area contributed by atoms with E-state index >= 15 is 0 Å². The number of nitrogens with zero attached hydrogens (tertiary/aromatic N) is 4. The number of carbonyl (C=O) groups is 2. The van der Waals surface area contributed by atoms with Crippen molar-refractivity contribution >= 4 is 11.8 Å². The molecule has 29 heavy (non-hydrogen) atoms. The number of aryl methyl sites for hydroxylation is 2. The SMILES string of the molecule is Cc1cncc(C(=O)N[C@@H]2CC[C@@]3(NC(=O)c4ccnc(C)n4)CCCCC23)n1. The van der Waals surface area contributed by atoms with Crippen LogP contribution >= 0.6 is 0 Å². The molecule has 2 fully saturated rings. The van der Waals surface area contributed by atoms with Gasteiger partial charge in [0.1, 0.15) is 17.2 Å². The Bertz CT molecular complexity index is 933. The molecule has 0 radical (unpaired) electrons. The molecule has 2 aromatic heterocycles. The Labute approximate surface area is 170 Å². The van der Waals surface area contributed by atoms with Gasteiger partial charge in [0.15, 0.2) is 0 Å². The van der Waals surface area contributed by atoms with Crippen molar-refractivity contribution in [1.82, 2.24) is 30.6 Å². The average molecular weight is 394 g/mol. The monoisotopic (exact) mass is 394 g/mol. The molecule has 2 N–H and O–H groups in total. The van der Waals surface area contributed by atoms with Gasteiger partial charge in [0.25, 0.3) is 11.8 Å². The van der Waals surface area contributed by atoms with Crippen molar-refractivity contribution < 1.29 is 9.59 Å². The van der Waals surface area contributed by atoms with Crippen molar-refractivity contribution in [3.63, 3.8) is 0 Å². The summed E-state index contributed by atoms with van der Waals surface area (Å²) in [6, 6.07) is 1.65. The molecule has 1 unspecified atom stereocenters. The van der Waals surface area contributed by atoms with E-state index in [1.165, 1.54) is 6.20 Å². The summed E-state index contributed by atoms with van der Waals surface area (Å²) in [5, 5.41) is 6.43. The second-order valence-corrected chi connectivity index (χ2v) is 8.12. The lowest BCUT2D eigenvalue weighted by Crippen LogP contribution is -2.56. The van der Waals surface area contributed by atoms with Gasteiger partial charge < -0.3 is 10.6 Å². The maximum absolute atomic E-state index is 12.9. The Hall–Kier alpha value is -2.90. The molecule has 0 aliphatic heterocycles. The van der Waals surface area contributed by atoms with Gasteiger partial charge in [-0.25, -0.2) is 15.0 Å². The molecule has 2 saturated carbocycles. The lowest BCUT2D eigenvalue weighted by molar-refractivity contribution is 0.0790. The van der Waals surface area contributed by atoms with E-state index in [1.807, 2.05) is 6.92 Å². The van der Waals surface area contributed by atoms with Crippen LogP contribution in [0.15, 0.2) is 24.7 Å². The van der Waals surface area contributed by atoms with Crippen molar-refractivity contribution in [3.8, 4) is 0 Å². The number of rotatable bonds is 4. The molecule has 8 nitrogen and oxygen atoms in total. The maximum Gasteiger partial charge on any atom is 0.271 e. The fourth-order valence-electron chi connectivity index (χ4n) is 4.86. The minimum Gasteiger partial charge on any atom is -0.348 e. The van der Waals surface area contributed by atoms with Crippen LogP contribution in [-0.2, 0) is 0 Å². The summed E-state index contributed by atoms with van der Waals surface area (Å²) in [5.41, 5.74) is 1.13. The summed E-state index contributed by atoms with van der Waals surface area (Å²) in [6.45, 7) is 3.59. The highest BCUT2D eigenvalue weighted by Crippen LogP contribution is 2.46. The fraction of sp³-hybridized carbons (Fsp3) is 0.524. The van der Waals surface area contributed by atoms with Crippen molar-refractivity contribution in [1.29, 1.82) is 0 Å². The topological polar surface area (TPSA) is 110 Å². The van der Waals surface area contributed by atoms with Crippen LogP contribution in [-0.4, -0.2) is 43.3 Å². The highest BCUT2D eigenvalue weighted by molar-refractivity contribution is 5.93. The molecule has 2 aliphatic rings. The molecule has 0 bridgehead atoms. The smallest absolute Gasteiger partial charge is 0.271 e. The second kappa shape index (κ2) is 7.85. The van der Waals surface area contributed by atoms with Gasteiger partial charge in [-0.2, -0.15) is 0 Å². The third-order valence-electron chi connectivity index (χ3n) is 6.16. The third kappa shape index (κ3) is 3.97. The van der Waals surface area contributed by atoms with Gasteiger partial charge in [0.05, 0.1) is 11.9 Å². The normalized spacial score (nSPS) is 25.9. The number of hydrogen-bond acceptors (Lipinski definition) is 6. The van der Waals surface area contributed by atoms with Crippen molar-refractivity contribution in [2.45, 2.75) is 64.0 Å². The third-order valence-corrected chi connectivity index (χ3v) is 6.16. The predicted molar refractivity (Wildman–Crippen MR) is 106 cm³/mol. The van der Waals surface area contributed by atoms with Crippen molar-refractivity contribution in [3.05, 3.63) is 47.6 Å². The Morgan fingerprint density at radius 2 is 1.90 bits per heavy atom. The quantitative estimate of drug-likeness (QED) is 0.822. The largest absolute Gasteiger partial charge is 0.348 e. The van der Waals surface area contributed by atoms with E-state index < -0.39 is 0 Å². The van der Waals surface area contributed by atoms with Gasteiger partial charge in [-0.3, -0.25) is 14.6 Å². The molecule has 2 aliphatic carbocycles. The molecular weight excluding hydrogens is 368 g/mol. The highest BCUT2D eigenvalue weighted by atomic mass is 16.2. The van der Waals surface area contributed by atoms with E-state index in [0.717, 1.165) is 38.5 Å². The molecule has 0 saturated heterocycles. The molecule has 0 aromatic carbocycles. The molecule has 2 aromatic rings. The first-order valence-electron chi connectivity index (χ1n) is 10.2. The number of carbonyl (C=O) groups excluding carboxylic acids is 2. The van der Waals surface area contributed by atoms with Crippen molar-refractivity contribution in [2.24, 2.45) is 5.92 Å². The second-order valence-electron chi connectivity index (χ2n) is 8.12. The van der Waals surface area contributed by atoms with Crippen LogP contribution < -0.4 is 10.6 Å². The summed E-state index contributed by atoms with van der Waals surface area (Å²) in [7, 11) is 0. The van der Waals surface area contributed by atoms with Crippen LogP contribution in [0.3, 0.4) is 0 Å². The molecule has 0 spiro atoms. The van der Waals surface area contributed by atoms with Gasteiger partial charge in [-0.1, -0.05) is 12.8 Å². The van der Waals surface area contributed by atoms with E-state index in [2.05, 4.69) is 30.6 Å². The molecular formula is C21H26N6O2. The Morgan fingerprint density at radius 3 is 2.69 bits per heavy atom. The molecule has 8 heteroatoms. The summed E-state index contributed by atoms with van der Waals surface area (Å²) >= 11 is 0. The molecule has 2 heterocycles. The Kier molecular flexibility index (Phi) is 5.25. The molecule has 152 valence electrons. The lowest BCUT2D eigenvalue weighted by Gasteiger charge is -2.42. The predicted octanol–water partition coefficient (Wildman–Crippen LogP) is 2.13. The minimum absolute atomic E-state index is 0.0116. The first-order chi connectivity index (χ1) is 14.0. The van der Waals surface area contributed by atoms with Crippen LogP contribution in [0, 0.1) is 19.8 Å². The van der Waals surface area contributed by atoms with Gasteiger partial charge in [0, 0.05) is 29.9 Å². The van der Waals surface area contributed by atoms with Gasteiger partial charge in [-0.05, 0) is 45.6 Å². The molecule has 3 atom stereocenters. The standard InChI is InChI=1S/C21H26N6O2/c1-13-11-22-12-18(24-13)19(28)26-16-6-9-21(8-4-3-5-15(16)21)27-20(29)17-7-10-23-14(2)25-17/h7,10-12,15-16H,3-6,8-9H2,1-2H3,(H,26,28)(H,27,29)/t15?,16-,21+/m1/s1. The van der Waals surface area contributed by atoms with Crippen LogP contribution in [0.4, 0.5) is 0 Å². The van der Waals surface area contributed by atoms with Gasteiger partial charge >= 0.3 is 0 Å². The number of amides is 2. The Morgan fingerprint density at radius 1 is 1.03 bits per heavy atom. The summed E-state index contributed by atoms with van der Waals surface area (Å²) in [5.74, 6) is 0.403. The van der Waals surface area contributed by atoms with E-state index in [9.17, 15) is 9.59 Å². The van der Waals surface area contributed by atoms with E-state index in [1.54, 1.807) is 25.4 Å². The number of hydrogen-bond donors (Lipinski definition) is 2. The van der Waals surface area contributed by atoms with Crippen LogP contribution in [0.1, 0.15) is 71.0 Å². The molecule has 2 amide bonds. The number of aromatic nitrogens is 4. The first-order valence-corrected chi connectivity index (χ1v) is 10.2. The fourth-order valence-corrected chi connectivity index (χ4v) is 4.86. The van der Waals surface area contributed by atoms with Gasteiger partial charge in [-0.15, -0.1) is 0 Å².